The minimum absolute atomic E-state index is 0.184. The lowest BCUT2D eigenvalue weighted by Crippen LogP contribution is -2.33. The van der Waals surface area contributed by atoms with Gasteiger partial charge in [-0.2, -0.15) is 0 Å². The van der Waals surface area contributed by atoms with Crippen LogP contribution in [0.15, 0.2) is 6.20 Å². The number of nitrogens with two attached hydrogens (primary N) is 1. The van der Waals surface area contributed by atoms with Gasteiger partial charge in [0.1, 0.15) is 35.6 Å². The summed E-state index contributed by atoms with van der Waals surface area (Å²) in [6.45, 7) is 8.72. The van der Waals surface area contributed by atoms with Crippen molar-refractivity contribution in [1.82, 2.24) is 14.5 Å². The molecule has 3 heterocycles. The van der Waals surface area contributed by atoms with Crippen LogP contribution in [-0.2, 0) is 11.2 Å². The van der Waals surface area contributed by atoms with Crippen LogP contribution in [0.4, 0.5) is 11.5 Å². The van der Waals surface area contributed by atoms with E-state index in [-0.39, 0.29) is 11.5 Å². The molecule has 1 saturated heterocycles. The van der Waals surface area contributed by atoms with Crippen LogP contribution in [0.3, 0.4) is 0 Å². The SMILES string of the molecule is [C-]#[N+]c1cn([C@@H]2O[C@H](CO)[C@@H](O)[C@H]2O)c2nc(CC)nc(N)c12. The molecule has 0 aromatic carbocycles. The second kappa shape index (κ2) is 5.75. The van der Waals surface area contributed by atoms with Crippen LogP contribution in [0.2, 0.25) is 0 Å². The second-order valence-electron chi connectivity index (χ2n) is 5.34. The molecule has 1 aliphatic heterocycles. The molecule has 0 unspecified atom stereocenters. The smallest absolute Gasteiger partial charge is 0.217 e. The minimum atomic E-state index is -1.26. The molecule has 0 amide bonds. The van der Waals surface area contributed by atoms with Gasteiger partial charge >= 0.3 is 0 Å². The van der Waals surface area contributed by atoms with E-state index in [9.17, 15) is 15.3 Å². The van der Waals surface area contributed by atoms with Crippen molar-refractivity contribution in [2.45, 2.75) is 37.9 Å². The maximum Gasteiger partial charge on any atom is 0.217 e. The highest BCUT2D eigenvalue weighted by molar-refractivity contribution is 5.98. The zero-order valence-electron chi connectivity index (χ0n) is 12.4. The molecule has 2 aromatic heterocycles. The summed E-state index contributed by atoms with van der Waals surface area (Å²) in [4.78, 5) is 11.9. The molecule has 1 fully saturated rings. The quantitative estimate of drug-likeness (QED) is 0.573. The molecule has 0 bridgehead atoms. The fourth-order valence-electron chi connectivity index (χ4n) is 2.75. The summed E-state index contributed by atoms with van der Waals surface area (Å²) < 4.78 is 6.97. The summed E-state index contributed by atoms with van der Waals surface area (Å²) >= 11 is 0. The van der Waals surface area contributed by atoms with Crippen molar-refractivity contribution >= 4 is 22.5 Å². The Balaban J connectivity index is 2.18. The Kier molecular flexibility index (Phi) is 3.91. The van der Waals surface area contributed by atoms with Gasteiger partial charge in [0.15, 0.2) is 6.23 Å². The maximum atomic E-state index is 10.2. The monoisotopic (exact) mass is 319 g/mol. The number of rotatable bonds is 3. The molecule has 5 N–H and O–H groups in total. The van der Waals surface area contributed by atoms with E-state index >= 15 is 0 Å². The number of anilines is 1. The van der Waals surface area contributed by atoms with Gasteiger partial charge in [-0.15, -0.1) is 0 Å². The largest absolute Gasteiger partial charge is 0.394 e. The van der Waals surface area contributed by atoms with Crippen molar-refractivity contribution < 1.29 is 20.1 Å². The predicted molar refractivity (Wildman–Crippen MR) is 80.6 cm³/mol. The van der Waals surface area contributed by atoms with Crippen molar-refractivity contribution in [3.8, 4) is 0 Å². The standard InChI is InChI=1S/C14H17N5O4/c1-3-8-17-12(15)9-6(16-2)4-19(13(9)18-8)14-11(22)10(21)7(5-20)23-14/h4,7,10-11,14,20-22H,3,5H2,1H3,(H2,15,17,18)/t7-,10-,11-,14-/m1/s1. The number of aromatic nitrogens is 3. The molecule has 23 heavy (non-hydrogen) atoms. The van der Waals surface area contributed by atoms with Gasteiger partial charge in [0.05, 0.1) is 18.6 Å². The summed E-state index contributed by atoms with van der Waals surface area (Å²) in [5.74, 6) is 0.681. The summed E-state index contributed by atoms with van der Waals surface area (Å²) in [5, 5.41) is 29.7. The topological polar surface area (TPSA) is 131 Å². The molecule has 0 spiro atoms. The summed E-state index contributed by atoms with van der Waals surface area (Å²) in [7, 11) is 0. The zero-order chi connectivity index (χ0) is 16.7. The summed E-state index contributed by atoms with van der Waals surface area (Å²) in [6, 6.07) is 0. The first-order valence-electron chi connectivity index (χ1n) is 7.18. The van der Waals surface area contributed by atoms with Gasteiger partial charge in [0.25, 0.3) is 0 Å². The van der Waals surface area contributed by atoms with Crippen molar-refractivity contribution in [3.05, 3.63) is 23.4 Å². The third-order valence-corrected chi connectivity index (χ3v) is 3.95. The molecule has 4 atom stereocenters. The average molecular weight is 319 g/mol. The molecular formula is C14H17N5O4. The molecule has 9 nitrogen and oxygen atoms in total. The number of nitrogens with zero attached hydrogens (tertiary/aromatic N) is 4. The number of aliphatic hydroxyl groups excluding tert-OH is 3. The molecule has 122 valence electrons. The normalized spacial score (nSPS) is 27.4. The Morgan fingerprint density at radius 3 is 2.70 bits per heavy atom. The molecule has 0 saturated carbocycles. The number of aliphatic hydroxyl groups is 3. The molecule has 1 aliphatic rings. The van der Waals surface area contributed by atoms with Crippen LogP contribution in [0, 0.1) is 6.57 Å². The van der Waals surface area contributed by atoms with E-state index in [0.717, 1.165) is 0 Å². The first-order valence-corrected chi connectivity index (χ1v) is 7.18. The Bertz CT molecular complexity index is 784. The van der Waals surface area contributed by atoms with E-state index in [1.54, 1.807) is 0 Å². The Hall–Kier alpha value is -2.25. The number of aryl methyl sites for hydroxylation is 1. The number of ether oxygens (including phenoxy) is 1. The van der Waals surface area contributed by atoms with E-state index in [4.69, 9.17) is 17.0 Å². The van der Waals surface area contributed by atoms with Gasteiger partial charge in [0, 0.05) is 12.6 Å². The average Bonchev–Trinajstić information content (AvgIpc) is 3.06. The Morgan fingerprint density at radius 2 is 2.13 bits per heavy atom. The van der Waals surface area contributed by atoms with Gasteiger partial charge in [-0.3, -0.25) is 0 Å². The lowest BCUT2D eigenvalue weighted by molar-refractivity contribution is -0.0508. The third-order valence-electron chi connectivity index (χ3n) is 3.95. The summed E-state index contributed by atoms with van der Waals surface area (Å²) in [5.41, 5.74) is 6.53. The lowest BCUT2D eigenvalue weighted by atomic mass is 10.1. The van der Waals surface area contributed by atoms with Crippen molar-refractivity contribution in [2.24, 2.45) is 0 Å². The number of hydrogen-bond acceptors (Lipinski definition) is 7. The van der Waals surface area contributed by atoms with Crippen molar-refractivity contribution in [1.29, 1.82) is 0 Å². The van der Waals surface area contributed by atoms with Gasteiger partial charge < -0.3 is 30.4 Å². The van der Waals surface area contributed by atoms with Crippen LogP contribution >= 0.6 is 0 Å². The Labute approximate surface area is 131 Å². The van der Waals surface area contributed by atoms with Crippen LogP contribution in [0.25, 0.3) is 15.9 Å². The van der Waals surface area contributed by atoms with E-state index < -0.39 is 31.1 Å². The highest BCUT2D eigenvalue weighted by atomic mass is 16.6. The van der Waals surface area contributed by atoms with Crippen LogP contribution < -0.4 is 5.73 Å². The summed E-state index contributed by atoms with van der Waals surface area (Å²) in [6.07, 6.45) is -2.36. The molecule has 3 rings (SSSR count). The maximum absolute atomic E-state index is 10.2. The van der Waals surface area contributed by atoms with Gasteiger partial charge in [0.2, 0.25) is 5.69 Å². The second-order valence-corrected chi connectivity index (χ2v) is 5.34. The third kappa shape index (κ3) is 2.32. The zero-order valence-corrected chi connectivity index (χ0v) is 12.4. The number of nitrogen functional groups attached to an aromatic ring is 1. The van der Waals surface area contributed by atoms with E-state index in [1.807, 2.05) is 6.92 Å². The highest BCUT2D eigenvalue weighted by Crippen LogP contribution is 2.37. The van der Waals surface area contributed by atoms with Crippen LogP contribution in [0.5, 0.6) is 0 Å². The molecule has 9 heteroatoms. The fraction of sp³-hybridized carbons (Fsp3) is 0.500. The van der Waals surface area contributed by atoms with E-state index in [1.165, 1.54) is 10.8 Å². The first kappa shape index (κ1) is 15.6. The number of hydrogen-bond donors (Lipinski definition) is 4. The van der Waals surface area contributed by atoms with Crippen molar-refractivity contribution in [2.75, 3.05) is 12.3 Å². The van der Waals surface area contributed by atoms with Gasteiger partial charge in [-0.25, -0.2) is 14.8 Å². The number of fused-ring (bicyclic) bond motifs is 1. The Morgan fingerprint density at radius 1 is 1.39 bits per heavy atom. The lowest BCUT2D eigenvalue weighted by Gasteiger charge is -2.18. The van der Waals surface area contributed by atoms with Crippen molar-refractivity contribution in [3.63, 3.8) is 0 Å². The van der Waals surface area contributed by atoms with E-state index in [2.05, 4.69) is 14.8 Å². The first-order chi connectivity index (χ1) is 11.0. The van der Waals surface area contributed by atoms with Crippen LogP contribution in [-0.4, -0.2) is 54.8 Å². The predicted octanol–water partition coefficient (Wildman–Crippen LogP) is -0.262. The highest BCUT2D eigenvalue weighted by Gasteiger charge is 2.44. The van der Waals surface area contributed by atoms with Gasteiger partial charge in [-0.1, -0.05) is 6.92 Å². The molecule has 0 aliphatic carbocycles. The van der Waals surface area contributed by atoms with Crippen LogP contribution in [0.1, 0.15) is 19.0 Å². The van der Waals surface area contributed by atoms with E-state index in [0.29, 0.717) is 23.3 Å². The fourth-order valence-corrected chi connectivity index (χ4v) is 2.75. The minimum Gasteiger partial charge on any atom is -0.394 e. The molecule has 2 aromatic rings. The molecule has 0 radical (unpaired) electrons. The van der Waals surface area contributed by atoms with Gasteiger partial charge in [-0.05, 0) is 0 Å². The molecular weight excluding hydrogens is 302 g/mol.